The normalized spacial score (nSPS) is 15.5. The number of benzene rings is 2. The van der Waals surface area contributed by atoms with Crippen molar-refractivity contribution < 1.29 is 18.7 Å². The second kappa shape index (κ2) is 6.94. The molecule has 3 rings (SSSR count). The molecule has 0 spiro atoms. The van der Waals surface area contributed by atoms with Crippen LogP contribution < -0.4 is 10.1 Å². The summed E-state index contributed by atoms with van der Waals surface area (Å²) in [4.78, 5) is 24.2. The Balaban J connectivity index is 1.78. The number of thiocarbonyl (C=S) groups is 1. The van der Waals surface area contributed by atoms with E-state index in [4.69, 9.17) is 17.0 Å². The Hall–Kier alpha value is -2.51. The Bertz CT molecular complexity index is 880. The highest BCUT2D eigenvalue weighted by Gasteiger charge is 2.22. The number of halogens is 1. The van der Waals surface area contributed by atoms with Gasteiger partial charge in [-0.05, 0) is 42.0 Å². The Morgan fingerprint density at radius 3 is 2.71 bits per heavy atom. The monoisotopic (exact) mass is 359 g/mol. The van der Waals surface area contributed by atoms with Gasteiger partial charge in [0.25, 0.3) is 5.91 Å². The maximum Gasteiger partial charge on any atom is 0.343 e. The summed E-state index contributed by atoms with van der Waals surface area (Å²) in [7, 11) is 0. The number of carbonyl (C=O) groups is 2. The summed E-state index contributed by atoms with van der Waals surface area (Å²) < 4.78 is 18.8. The van der Waals surface area contributed by atoms with Crippen LogP contribution >= 0.6 is 24.0 Å². The molecule has 1 amide bonds. The highest BCUT2D eigenvalue weighted by molar-refractivity contribution is 8.26. The molecule has 120 valence electrons. The van der Waals surface area contributed by atoms with Crippen molar-refractivity contribution in [3.63, 3.8) is 0 Å². The third-order valence-electron chi connectivity index (χ3n) is 3.07. The number of hydrogen-bond acceptors (Lipinski definition) is 5. The summed E-state index contributed by atoms with van der Waals surface area (Å²) in [5, 5.41) is 2.53. The predicted octanol–water partition coefficient (Wildman–Crippen LogP) is 3.53. The first-order valence-corrected chi connectivity index (χ1v) is 8.06. The quantitative estimate of drug-likeness (QED) is 0.393. The van der Waals surface area contributed by atoms with Gasteiger partial charge in [0.2, 0.25) is 0 Å². The van der Waals surface area contributed by atoms with E-state index in [2.05, 4.69) is 5.32 Å². The van der Waals surface area contributed by atoms with Crippen molar-refractivity contribution in [2.45, 2.75) is 0 Å². The van der Waals surface area contributed by atoms with Gasteiger partial charge in [-0.3, -0.25) is 4.79 Å². The fraction of sp³-hybridized carbons (Fsp3) is 0. The molecule has 2 aromatic carbocycles. The van der Waals surface area contributed by atoms with Crippen LogP contribution in [0.3, 0.4) is 0 Å². The van der Waals surface area contributed by atoms with Crippen molar-refractivity contribution in [1.82, 2.24) is 5.32 Å². The molecular weight excluding hydrogens is 349 g/mol. The minimum atomic E-state index is -0.659. The maximum atomic E-state index is 13.2. The van der Waals surface area contributed by atoms with Crippen LogP contribution in [0.2, 0.25) is 0 Å². The fourth-order valence-corrected chi connectivity index (χ4v) is 3.07. The van der Waals surface area contributed by atoms with E-state index in [0.29, 0.717) is 20.5 Å². The number of hydrogen-bond donors (Lipinski definition) is 1. The maximum absolute atomic E-state index is 13.2. The second-order valence-electron chi connectivity index (χ2n) is 4.82. The van der Waals surface area contributed by atoms with Crippen molar-refractivity contribution in [3.05, 3.63) is 70.4 Å². The molecule has 1 N–H and O–H groups in total. The molecule has 0 bridgehead atoms. The van der Waals surface area contributed by atoms with Crippen LogP contribution in [0.4, 0.5) is 4.39 Å². The molecule has 0 atom stereocenters. The average molecular weight is 359 g/mol. The summed E-state index contributed by atoms with van der Waals surface area (Å²) in [6.45, 7) is 0. The van der Waals surface area contributed by atoms with Crippen LogP contribution in [0.25, 0.3) is 6.08 Å². The van der Waals surface area contributed by atoms with Gasteiger partial charge < -0.3 is 10.1 Å². The highest BCUT2D eigenvalue weighted by Crippen LogP contribution is 2.27. The van der Waals surface area contributed by atoms with Crippen LogP contribution in [0.1, 0.15) is 15.9 Å². The van der Waals surface area contributed by atoms with Crippen molar-refractivity contribution in [3.8, 4) is 5.75 Å². The van der Waals surface area contributed by atoms with Gasteiger partial charge in [0.05, 0.1) is 10.5 Å². The molecule has 1 aliphatic rings. The number of thioether (sulfide) groups is 1. The molecule has 1 fully saturated rings. The predicted molar refractivity (Wildman–Crippen MR) is 94.1 cm³/mol. The Morgan fingerprint density at radius 2 is 2.00 bits per heavy atom. The molecule has 0 radical (unpaired) electrons. The van der Waals surface area contributed by atoms with E-state index >= 15 is 0 Å². The van der Waals surface area contributed by atoms with Gasteiger partial charge in [0, 0.05) is 0 Å². The molecule has 4 nitrogen and oxygen atoms in total. The van der Waals surface area contributed by atoms with Gasteiger partial charge in [-0.25, -0.2) is 9.18 Å². The number of rotatable bonds is 3. The SMILES string of the molecule is O=C1NC(=S)SC1=Cc1cccc(OC(=O)c2cccc(F)c2)c1. The lowest BCUT2D eigenvalue weighted by Gasteiger charge is -2.05. The second-order valence-corrected chi connectivity index (χ2v) is 6.54. The van der Waals surface area contributed by atoms with Gasteiger partial charge >= 0.3 is 5.97 Å². The molecule has 0 unspecified atom stereocenters. The van der Waals surface area contributed by atoms with Gasteiger partial charge in [-0.1, -0.05) is 42.2 Å². The lowest BCUT2D eigenvalue weighted by molar-refractivity contribution is -0.115. The minimum Gasteiger partial charge on any atom is -0.423 e. The van der Waals surface area contributed by atoms with Crippen molar-refractivity contribution in [2.75, 3.05) is 0 Å². The summed E-state index contributed by atoms with van der Waals surface area (Å²) in [6.07, 6.45) is 1.65. The van der Waals surface area contributed by atoms with E-state index in [1.54, 1.807) is 30.3 Å². The van der Waals surface area contributed by atoms with Crippen molar-refractivity contribution in [1.29, 1.82) is 0 Å². The van der Waals surface area contributed by atoms with Crippen LogP contribution in [-0.4, -0.2) is 16.2 Å². The molecule has 0 aliphatic carbocycles. The number of esters is 1. The first kappa shape index (κ1) is 16.4. The number of nitrogens with one attached hydrogen (secondary N) is 1. The highest BCUT2D eigenvalue weighted by atomic mass is 32.2. The fourth-order valence-electron chi connectivity index (χ4n) is 2.02. The van der Waals surface area contributed by atoms with E-state index in [-0.39, 0.29) is 11.5 Å². The first-order chi connectivity index (χ1) is 11.5. The molecule has 0 aromatic heterocycles. The zero-order valence-corrected chi connectivity index (χ0v) is 13.7. The van der Waals surface area contributed by atoms with Crippen LogP contribution in [0.5, 0.6) is 5.75 Å². The molecule has 7 heteroatoms. The zero-order chi connectivity index (χ0) is 17.1. The Morgan fingerprint density at radius 1 is 1.21 bits per heavy atom. The van der Waals surface area contributed by atoms with E-state index < -0.39 is 11.8 Å². The first-order valence-electron chi connectivity index (χ1n) is 6.84. The van der Waals surface area contributed by atoms with Gasteiger partial charge in [-0.15, -0.1) is 0 Å². The van der Waals surface area contributed by atoms with Gasteiger partial charge in [0.15, 0.2) is 0 Å². The summed E-state index contributed by atoms with van der Waals surface area (Å²) in [5.41, 5.74) is 0.803. The van der Waals surface area contributed by atoms with Crippen LogP contribution in [0.15, 0.2) is 53.4 Å². The van der Waals surface area contributed by atoms with E-state index in [1.807, 2.05) is 0 Å². The third-order valence-corrected chi connectivity index (χ3v) is 4.23. The number of carbonyl (C=O) groups excluding carboxylic acids is 2. The van der Waals surface area contributed by atoms with E-state index in [0.717, 1.165) is 6.07 Å². The molecule has 1 aliphatic heterocycles. The van der Waals surface area contributed by atoms with E-state index in [9.17, 15) is 14.0 Å². The lowest BCUT2D eigenvalue weighted by atomic mass is 10.2. The largest absolute Gasteiger partial charge is 0.423 e. The topological polar surface area (TPSA) is 55.4 Å². The number of amides is 1. The molecule has 24 heavy (non-hydrogen) atoms. The van der Waals surface area contributed by atoms with Crippen LogP contribution in [-0.2, 0) is 4.79 Å². The standard InChI is InChI=1S/C17H10FNO3S2/c18-12-5-2-4-11(9-12)16(21)22-13-6-1-3-10(7-13)8-14-15(20)19-17(23)24-14/h1-9H,(H,19,20,23). The summed E-state index contributed by atoms with van der Waals surface area (Å²) in [5.74, 6) is -1.13. The minimum absolute atomic E-state index is 0.120. The molecule has 2 aromatic rings. The van der Waals surface area contributed by atoms with Gasteiger partial charge in [0.1, 0.15) is 15.9 Å². The van der Waals surface area contributed by atoms with Crippen molar-refractivity contribution >= 4 is 46.3 Å². The molecule has 1 heterocycles. The Labute approximate surface area is 146 Å². The van der Waals surface area contributed by atoms with Gasteiger partial charge in [-0.2, -0.15) is 0 Å². The van der Waals surface area contributed by atoms with E-state index in [1.165, 1.54) is 30.0 Å². The van der Waals surface area contributed by atoms with Crippen molar-refractivity contribution in [2.24, 2.45) is 0 Å². The average Bonchev–Trinajstić information content (AvgIpc) is 2.85. The third kappa shape index (κ3) is 3.87. The smallest absolute Gasteiger partial charge is 0.343 e. The molecule has 1 saturated heterocycles. The summed E-state index contributed by atoms with van der Waals surface area (Å²) >= 11 is 6.10. The zero-order valence-electron chi connectivity index (χ0n) is 12.1. The Kier molecular flexibility index (Phi) is 4.73. The molecular formula is C17H10FNO3S2. The van der Waals surface area contributed by atoms with Crippen LogP contribution in [0, 0.1) is 5.82 Å². The number of ether oxygens (including phenoxy) is 1. The lowest BCUT2D eigenvalue weighted by Crippen LogP contribution is -2.17. The molecule has 0 saturated carbocycles. The summed E-state index contributed by atoms with van der Waals surface area (Å²) in [6, 6.07) is 11.9.